The van der Waals surface area contributed by atoms with E-state index >= 15 is 0 Å². The number of thiophene rings is 1. The minimum atomic E-state index is -0.717. The highest BCUT2D eigenvalue weighted by Gasteiger charge is 2.24. The third-order valence-electron chi connectivity index (χ3n) is 5.77. The quantitative estimate of drug-likeness (QED) is 0.610. The van der Waals surface area contributed by atoms with Crippen LogP contribution in [-0.2, 0) is 6.54 Å². The maximum Gasteiger partial charge on any atom is 0.255 e. The predicted octanol–water partition coefficient (Wildman–Crippen LogP) is 4.47. The van der Waals surface area contributed by atoms with Crippen LogP contribution < -0.4 is 5.32 Å². The number of carbonyl (C=O) groups is 1. The molecular formula is C23H26F2N4OS. The normalized spacial score (nSPS) is 17.1. The topological polar surface area (TPSA) is 50.2 Å². The Morgan fingerprint density at radius 2 is 2.13 bits per heavy atom. The smallest absolute Gasteiger partial charge is 0.255 e. The number of amides is 1. The average Bonchev–Trinajstić information content (AvgIpc) is 3.34. The Bertz CT molecular complexity index is 1060. The van der Waals surface area contributed by atoms with Crippen molar-refractivity contribution in [2.45, 2.75) is 33.2 Å². The minimum Gasteiger partial charge on any atom is -0.352 e. The number of rotatable bonds is 6. The van der Waals surface area contributed by atoms with Crippen molar-refractivity contribution < 1.29 is 13.6 Å². The molecule has 2 aromatic heterocycles. The first-order valence-electron chi connectivity index (χ1n) is 10.5. The van der Waals surface area contributed by atoms with Crippen LogP contribution in [0.25, 0.3) is 5.69 Å². The lowest BCUT2D eigenvalue weighted by molar-refractivity contribution is 0.0929. The first-order valence-corrected chi connectivity index (χ1v) is 11.3. The van der Waals surface area contributed by atoms with Crippen molar-refractivity contribution in [1.82, 2.24) is 20.0 Å². The van der Waals surface area contributed by atoms with Crippen LogP contribution in [-0.4, -0.2) is 40.2 Å². The average molecular weight is 445 g/mol. The molecule has 1 fully saturated rings. The zero-order chi connectivity index (χ0) is 22.0. The molecule has 31 heavy (non-hydrogen) atoms. The molecule has 4 rings (SSSR count). The number of aryl methyl sites for hydroxylation is 1. The van der Waals surface area contributed by atoms with Crippen LogP contribution in [0.2, 0.25) is 0 Å². The van der Waals surface area contributed by atoms with E-state index in [-0.39, 0.29) is 11.6 Å². The van der Waals surface area contributed by atoms with E-state index in [1.807, 2.05) is 0 Å². The first kappa shape index (κ1) is 21.6. The van der Waals surface area contributed by atoms with Crippen LogP contribution in [0.5, 0.6) is 0 Å². The summed E-state index contributed by atoms with van der Waals surface area (Å²) in [6.45, 7) is 7.03. The fraction of sp³-hybridized carbons (Fsp3) is 0.391. The molecule has 0 bridgehead atoms. The van der Waals surface area contributed by atoms with Crippen LogP contribution >= 0.6 is 11.3 Å². The van der Waals surface area contributed by atoms with E-state index < -0.39 is 11.6 Å². The van der Waals surface area contributed by atoms with Gasteiger partial charge in [0, 0.05) is 30.6 Å². The molecule has 5 nitrogen and oxygen atoms in total. The lowest BCUT2D eigenvalue weighted by Gasteiger charge is -2.32. The molecular weight excluding hydrogens is 418 g/mol. The van der Waals surface area contributed by atoms with Crippen LogP contribution in [0.15, 0.2) is 35.7 Å². The number of nitrogens with one attached hydrogen (secondary N) is 1. The molecule has 1 atom stereocenters. The monoisotopic (exact) mass is 444 g/mol. The molecule has 3 heterocycles. The number of benzene rings is 1. The van der Waals surface area contributed by atoms with Crippen LogP contribution in [0.4, 0.5) is 8.78 Å². The number of piperidine rings is 1. The first-order chi connectivity index (χ1) is 14.9. The van der Waals surface area contributed by atoms with Gasteiger partial charge in [0.15, 0.2) is 5.82 Å². The molecule has 164 valence electrons. The summed E-state index contributed by atoms with van der Waals surface area (Å²) in [4.78, 5) is 16.7. The summed E-state index contributed by atoms with van der Waals surface area (Å²) in [5.74, 6) is -1.19. The van der Waals surface area contributed by atoms with Gasteiger partial charge in [0.1, 0.15) is 11.5 Å². The Morgan fingerprint density at radius 3 is 2.87 bits per heavy atom. The van der Waals surface area contributed by atoms with Gasteiger partial charge in [-0.1, -0.05) is 6.07 Å². The summed E-state index contributed by atoms with van der Waals surface area (Å²) < 4.78 is 28.8. The third-order valence-corrected chi connectivity index (χ3v) is 6.63. The molecule has 1 amide bonds. The molecule has 1 N–H and O–H groups in total. The van der Waals surface area contributed by atoms with E-state index in [9.17, 15) is 13.6 Å². The third kappa shape index (κ3) is 4.85. The van der Waals surface area contributed by atoms with Gasteiger partial charge in [-0.3, -0.25) is 9.69 Å². The maximum atomic E-state index is 14.2. The van der Waals surface area contributed by atoms with Crippen molar-refractivity contribution in [3.05, 3.63) is 69.2 Å². The maximum absolute atomic E-state index is 14.2. The van der Waals surface area contributed by atoms with Gasteiger partial charge in [0.25, 0.3) is 5.91 Å². The Balaban J connectivity index is 1.41. The van der Waals surface area contributed by atoms with Crippen molar-refractivity contribution in [3.63, 3.8) is 0 Å². The van der Waals surface area contributed by atoms with Gasteiger partial charge in [-0.2, -0.15) is 5.10 Å². The zero-order valence-electron chi connectivity index (χ0n) is 17.7. The molecule has 1 unspecified atom stereocenters. The highest BCUT2D eigenvalue weighted by Crippen LogP contribution is 2.22. The second-order valence-electron chi connectivity index (χ2n) is 8.09. The summed E-state index contributed by atoms with van der Waals surface area (Å²) in [7, 11) is 0. The summed E-state index contributed by atoms with van der Waals surface area (Å²) in [6, 6.07) is 7.56. The number of hydrogen-bond donors (Lipinski definition) is 1. The van der Waals surface area contributed by atoms with E-state index in [4.69, 9.17) is 0 Å². The van der Waals surface area contributed by atoms with Crippen molar-refractivity contribution >= 4 is 17.2 Å². The molecule has 0 spiro atoms. The van der Waals surface area contributed by atoms with Gasteiger partial charge in [-0.15, -0.1) is 11.3 Å². The van der Waals surface area contributed by atoms with Gasteiger partial charge >= 0.3 is 0 Å². The SMILES string of the molecule is Cc1nn(-c2ccc(F)cc2F)c(C)c1C(=O)NCC1CCCN(Cc2cccs2)C1. The van der Waals surface area contributed by atoms with Gasteiger partial charge in [-0.25, -0.2) is 13.5 Å². The molecule has 0 saturated carbocycles. The Labute approximate surface area is 184 Å². The molecule has 0 radical (unpaired) electrons. The molecule has 0 aliphatic carbocycles. The van der Waals surface area contributed by atoms with Crippen LogP contribution in [0.1, 0.15) is 39.5 Å². The lowest BCUT2D eigenvalue weighted by atomic mass is 9.97. The fourth-order valence-electron chi connectivity index (χ4n) is 4.27. The minimum absolute atomic E-state index is 0.123. The van der Waals surface area contributed by atoms with Crippen molar-refractivity contribution in [2.24, 2.45) is 5.92 Å². The Morgan fingerprint density at radius 1 is 1.29 bits per heavy atom. The fourth-order valence-corrected chi connectivity index (χ4v) is 5.01. The number of carbonyl (C=O) groups excluding carboxylic acids is 1. The highest BCUT2D eigenvalue weighted by molar-refractivity contribution is 7.09. The van der Waals surface area contributed by atoms with E-state index in [0.29, 0.717) is 29.4 Å². The summed E-state index contributed by atoms with van der Waals surface area (Å²) in [5.41, 5.74) is 1.61. The Kier molecular flexibility index (Phi) is 6.48. The molecule has 8 heteroatoms. The molecule has 1 saturated heterocycles. The van der Waals surface area contributed by atoms with E-state index in [0.717, 1.165) is 38.5 Å². The lowest BCUT2D eigenvalue weighted by Crippen LogP contribution is -2.40. The summed E-state index contributed by atoms with van der Waals surface area (Å²) >= 11 is 1.77. The van der Waals surface area contributed by atoms with Gasteiger partial charge in [0.05, 0.1) is 17.0 Å². The largest absolute Gasteiger partial charge is 0.352 e. The number of hydrogen-bond acceptors (Lipinski definition) is 4. The van der Waals surface area contributed by atoms with E-state index in [1.165, 1.54) is 21.7 Å². The number of likely N-dealkylation sites (tertiary alicyclic amines) is 1. The van der Waals surface area contributed by atoms with Gasteiger partial charge in [-0.05, 0) is 62.7 Å². The number of nitrogens with zero attached hydrogens (tertiary/aromatic N) is 3. The van der Waals surface area contributed by atoms with Gasteiger partial charge in [0.2, 0.25) is 0 Å². The highest BCUT2D eigenvalue weighted by atomic mass is 32.1. The van der Waals surface area contributed by atoms with Crippen molar-refractivity contribution in [1.29, 1.82) is 0 Å². The van der Waals surface area contributed by atoms with E-state index in [1.54, 1.807) is 25.2 Å². The van der Waals surface area contributed by atoms with E-state index in [2.05, 4.69) is 32.8 Å². The van der Waals surface area contributed by atoms with Crippen LogP contribution in [0.3, 0.4) is 0 Å². The standard InChI is InChI=1S/C23H26F2N4OS/c1-15-22(16(2)29(27-15)21-8-7-18(24)11-20(21)25)23(30)26-12-17-5-3-9-28(13-17)14-19-6-4-10-31-19/h4,6-8,10-11,17H,3,5,9,12-14H2,1-2H3,(H,26,30). The number of halogens is 2. The molecule has 1 aliphatic rings. The van der Waals surface area contributed by atoms with Gasteiger partial charge < -0.3 is 5.32 Å². The number of aromatic nitrogens is 2. The second kappa shape index (κ2) is 9.28. The predicted molar refractivity (Wildman–Crippen MR) is 118 cm³/mol. The van der Waals surface area contributed by atoms with Crippen molar-refractivity contribution in [2.75, 3.05) is 19.6 Å². The molecule has 1 aromatic carbocycles. The van der Waals surface area contributed by atoms with Crippen molar-refractivity contribution in [3.8, 4) is 5.69 Å². The molecule has 1 aliphatic heterocycles. The van der Waals surface area contributed by atoms with Crippen LogP contribution in [0, 0.1) is 31.4 Å². The second-order valence-corrected chi connectivity index (χ2v) is 9.12. The summed E-state index contributed by atoms with van der Waals surface area (Å²) in [6.07, 6.45) is 2.20. The zero-order valence-corrected chi connectivity index (χ0v) is 18.5. The summed E-state index contributed by atoms with van der Waals surface area (Å²) in [5, 5.41) is 9.47. The molecule has 3 aromatic rings. The Hall–Kier alpha value is -2.58.